The van der Waals surface area contributed by atoms with E-state index >= 15 is 0 Å². The van der Waals surface area contributed by atoms with Crippen LogP contribution in [0.2, 0.25) is 0 Å². The van der Waals surface area contributed by atoms with Crippen molar-refractivity contribution < 1.29 is 14.0 Å². The minimum absolute atomic E-state index is 0.665. The monoisotopic (exact) mass is 294 g/mol. The van der Waals surface area contributed by atoms with Gasteiger partial charge in [0.2, 0.25) is 0 Å². The molecule has 2 rings (SSSR count). The van der Waals surface area contributed by atoms with Crippen molar-refractivity contribution in [1.82, 2.24) is 10.5 Å². The Morgan fingerprint density at radius 3 is 2.55 bits per heavy atom. The first-order chi connectivity index (χ1) is 9.78. The Kier molecular flexibility index (Phi) is 5.31. The van der Waals surface area contributed by atoms with Crippen molar-refractivity contribution in [3.63, 3.8) is 0 Å². The zero-order chi connectivity index (χ0) is 14.4. The molecule has 0 fully saturated rings. The molecule has 20 heavy (non-hydrogen) atoms. The zero-order valence-corrected chi connectivity index (χ0v) is 12.6. The summed E-state index contributed by atoms with van der Waals surface area (Å²) in [6.45, 7) is 1.39. The Bertz CT molecular complexity index is 544. The molecule has 1 aromatic carbocycles. The third-order valence-corrected chi connectivity index (χ3v) is 3.72. The van der Waals surface area contributed by atoms with Gasteiger partial charge >= 0.3 is 0 Å². The van der Waals surface area contributed by atoms with Crippen LogP contribution in [-0.4, -0.2) is 25.6 Å². The standard InChI is InChI=1S/C14H18N2O3S/c1-17-12-6-10(14(20-3)7-13(12)18-2)8-15-9-11-4-5-19-16-11/h4-7,15H,8-9H2,1-3H3. The molecule has 2 aromatic rings. The van der Waals surface area contributed by atoms with Crippen LogP contribution in [0.25, 0.3) is 0 Å². The minimum atomic E-state index is 0.665. The predicted octanol–water partition coefficient (Wildman–Crippen LogP) is 2.70. The number of nitrogens with one attached hydrogen (secondary N) is 1. The molecule has 1 aromatic heterocycles. The van der Waals surface area contributed by atoms with Gasteiger partial charge in [-0.05, 0) is 24.0 Å². The number of thioether (sulfide) groups is 1. The second kappa shape index (κ2) is 7.21. The molecule has 0 radical (unpaired) electrons. The number of benzene rings is 1. The van der Waals surface area contributed by atoms with Crippen LogP contribution >= 0.6 is 11.8 Å². The number of ether oxygens (including phenoxy) is 2. The molecule has 0 atom stereocenters. The van der Waals surface area contributed by atoms with Crippen LogP contribution in [0.4, 0.5) is 0 Å². The molecule has 0 saturated carbocycles. The highest BCUT2D eigenvalue weighted by Gasteiger charge is 2.10. The van der Waals surface area contributed by atoms with Crippen molar-refractivity contribution >= 4 is 11.8 Å². The van der Waals surface area contributed by atoms with Gasteiger partial charge in [0, 0.05) is 24.1 Å². The van der Waals surface area contributed by atoms with Gasteiger partial charge in [0.05, 0.1) is 19.9 Å². The summed E-state index contributed by atoms with van der Waals surface area (Å²) in [7, 11) is 3.29. The Hall–Kier alpha value is -1.66. The predicted molar refractivity (Wildman–Crippen MR) is 78.4 cm³/mol. The van der Waals surface area contributed by atoms with Gasteiger partial charge in [0.1, 0.15) is 6.26 Å². The van der Waals surface area contributed by atoms with Crippen molar-refractivity contribution in [3.8, 4) is 11.5 Å². The van der Waals surface area contributed by atoms with Gasteiger partial charge in [0.15, 0.2) is 11.5 Å². The van der Waals surface area contributed by atoms with E-state index in [4.69, 9.17) is 14.0 Å². The van der Waals surface area contributed by atoms with Crippen molar-refractivity contribution in [3.05, 3.63) is 35.7 Å². The molecule has 0 unspecified atom stereocenters. The van der Waals surface area contributed by atoms with E-state index in [1.54, 1.807) is 32.2 Å². The first-order valence-corrected chi connectivity index (χ1v) is 7.39. The van der Waals surface area contributed by atoms with E-state index in [0.717, 1.165) is 28.6 Å². The van der Waals surface area contributed by atoms with Crippen molar-refractivity contribution in [2.24, 2.45) is 0 Å². The summed E-state index contributed by atoms with van der Waals surface area (Å²) in [5.41, 5.74) is 2.05. The fourth-order valence-corrected chi connectivity index (χ4v) is 2.50. The van der Waals surface area contributed by atoms with Gasteiger partial charge in [-0.2, -0.15) is 0 Å². The number of hydrogen-bond donors (Lipinski definition) is 1. The third-order valence-electron chi connectivity index (χ3n) is 2.90. The number of nitrogens with zero attached hydrogens (tertiary/aromatic N) is 1. The summed E-state index contributed by atoms with van der Waals surface area (Å²) in [6, 6.07) is 5.84. The second-order valence-electron chi connectivity index (χ2n) is 4.11. The van der Waals surface area contributed by atoms with E-state index < -0.39 is 0 Å². The van der Waals surface area contributed by atoms with Crippen molar-refractivity contribution in [2.75, 3.05) is 20.5 Å². The first-order valence-electron chi connectivity index (χ1n) is 6.17. The van der Waals surface area contributed by atoms with E-state index in [2.05, 4.69) is 10.5 Å². The molecular weight excluding hydrogens is 276 g/mol. The van der Waals surface area contributed by atoms with Crippen LogP contribution in [0.15, 0.2) is 33.9 Å². The number of rotatable bonds is 7. The number of aromatic nitrogens is 1. The molecule has 1 heterocycles. The quantitative estimate of drug-likeness (QED) is 0.792. The highest BCUT2D eigenvalue weighted by atomic mass is 32.2. The van der Waals surface area contributed by atoms with Crippen LogP contribution in [0.5, 0.6) is 11.5 Å². The lowest BCUT2D eigenvalue weighted by Crippen LogP contribution is -2.13. The van der Waals surface area contributed by atoms with E-state index in [-0.39, 0.29) is 0 Å². The van der Waals surface area contributed by atoms with Crippen LogP contribution in [-0.2, 0) is 13.1 Å². The Labute approximate surface area is 122 Å². The Morgan fingerprint density at radius 1 is 1.20 bits per heavy atom. The maximum Gasteiger partial charge on any atom is 0.161 e. The molecule has 0 spiro atoms. The lowest BCUT2D eigenvalue weighted by Gasteiger charge is -2.14. The highest BCUT2D eigenvalue weighted by Crippen LogP contribution is 2.34. The van der Waals surface area contributed by atoms with Crippen LogP contribution in [0.1, 0.15) is 11.3 Å². The molecule has 1 N–H and O–H groups in total. The summed E-state index contributed by atoms with van der Waals surface area (Å²) in [5.74, 6) is 1.49. The lowest BCUT2D eigenvalue weighted by molar-refractivity contribution is 0.353. The maximum absolute atomic E-state index is 5.34. The summed E-state index contributed by atoms with van der Waals surface area (Å²) in [4.78, 5) is 1.16. The molecule has 0 amide bonds. The van der Waals surface area contributed by atoms with Crippen molar-refractivity contribution in [2.45, 2.75) is 18.0 Å². The highest BCUT2D eigenvalue weighted by molar-refractivity contribution is 7.98. The number of hydrogen-bond acceptors (Lipinski definition) is 6. The molecule has 0 aliphatic rings. The van der Waals surface area contributed by atoms with Crippen LogP contribution in [0.3, 0.4) is 0 Å². The smallest absolute Gasteiger partial charge is 0.161 e. The fraction of sp³-hybridized carbons (Fsp3) is 0.357. The molecule has 6 heteroatoms. The Balaban J connectivity index is 2.09. The van der Waals surface area contributed by atoms with Gasteiger partial charge in [-0.3, -0.25) is 0 Å². The molecule has 0 aliphatic heterocycles. The normalized spacial score (nSPS) is 10.6. The molecule has 5 nitrogen and oxygen atoms in total. The van der Waals surface area contributed by atoms with Gasteiger partial charge in [-0.25, -0.2) is 0 Å². The maximum atomic E-state index is 5.34. The van der Waals surface area contributed by atoms with E-state index in [9.17, 15) is 0 Å². The second-order valence-corrected chi connectivity index (χ2v) is 4.96. The summed E-state index contributed by atoms with van der Waals surface area (Å²) in [5, 5.41) is 7.20. The SMILES string of the molecule is COc1cc(CNCc2ccon2)c(SC)cc1OC. The van der Waals surface area contributed by atoms with Gasteiger partial charge in [0.25, 0.3) is 0 Å². The van der Waals surface area contributed by atoms with Crippen LogP contribution in [0, 0.1) is 0 Å². The van der Waals surface area contributed by atoms with Gasteiger partial charge < -0.3 is 19.3 Å². The summed E-state index contributed by atoms with van der Waals surface area (Å²) < 4.78 is 15.5. The Morgan fingerprint density at radius 2 is 1.95 bits per heavy atom. The van der Waals surface area contributed by atoms with Gasteiger partial charge in [-0.15, -0.1) is 11.8 Å². The summed E-state index contributed by atoms with van der Waals surface area (Å²) >= 11 is 1.68. The minimum Gasteiger partial charge on any atom is -0.493 e. The first kappa shape index (κ1) is 14.7. The average molecular weight is 294 g/mol. The van der Waals surface area contributed by atoms with E-state index in [1.165, 1.54) is 5.56 Å². The average Bonchev–Trinajstić information content (AvgIpc) is 2.99. The van der Waals surface area contributed by atoms with Crippen LogP contribution < -0.4 is 14.8 Å². The van der Waals surface area contributed by atoms with Gasteiger partial charge in [-0.1, -0.05) is 5.16 Å². The summed E-state index contributed by atoms with van der Waals surface area (Å²) in [6.07, 6.45) is 3.61. The molecule has 0 saturated heterocycles. The lowest BCUT2D eigenvalue weighted by atomic mass is 10.2. The molecule has 0 aliphatic carbocycles. The zero-order valence-electron chi connectivity index (χ0n) is 11.8. The number of methoxy groups -OCH3 is 2. The van der Waals surface area contributed by atoms with E-state index in [1.807, 2.05) is 24.5 Å². The molecule has 108 valence electrons. The molecule has 0 bridgehead atoms. The third kappa shape index (κ3) is 3.46. The van der Waals surface area contributed by atoms with E-state index in [0.29, 0.717) is 6.54 Å². The molecular formula is C14H18N2O3S. The fourth-order valence-electron chi connectivity index (χ4n) is 1.88. The van der Waals surface area contributed by atoms with Crippen molar-refractivity contribution in [1.29, 1.82) is 0 Å². The topological polar surface area (TPSA) is 56.5 Å². The largest absolute Gasteiger partial charge is 0.493 e.